The normalized spacial score (nSPS) is 16.8. The van der Waals surface area contributed by atoms with Crippen LogP contribution in [0.2, 0.25) is 0 Å². The van der Waals surface area contributed by atoms with Crippen LogP contribution >= 0.6 is 0 Å². The van der Waals surface area contributed by atoms with E-state index in [0.717, 1.165) is 18.9 Å². The maximum atomic E-state index is 12.9. The standard InChI is InChI=1S/C16H23F3N4O/c1-11(20-15(24)5-4-8-22(2)3)10-23-13(12-6-7-12)9-14(21-23)16(17,18)19/h4-5,9,11-12H,6-8,10H2,1-3H3,(H,20,24)/b5-4+. The number of carbonyl (C=O) groups excluding carboxylic acids is 1. The number of amides is 1. The lowest BCUT2D eigenvalue weighted by Gasteiger charge is -2.15. The molecule has 1 unspecified atom stereocenters. The summed E-state index contributed by atoms with van der Waals surface area (Å²) in [5.41, 5.74) is -0.264. The van der Waals surface area contributed by atoms with Crippen LogP contribution in [0.5, 0.6) is 0 Å². The molecule has 1 amide bonds. The van der Waals surface area contributed by atoms with Gasteiger partial charge in [-0.1, -0.05) is 6.08 Å². The highest BCUT2D eigenvalue weighted by Crippen LogP contribution is 2.42. The summed E-state index contributed by atoms with van der Waals surface area (Å²) in [7, 11) is 3.78. The Morgan fingerprint density at radius 2 is 2.17 bits per heavy atom. The minimum atomic E-state index is -4.45. The van der Waals surface area contributed by atoms with Crippen LogP contribution < -0.4 is 5.32 Å². The van der Waals surface area contributed by atoms with Crippen molar-refractivity contribution in [1.82, 2.24) is 20.0 Å². The number of rotatable bonds is 7. The number of nitrogens with zero attached hydrogens (tertiary/aromatic N) is 3. The number of carbonyl (C=O) groups is 1. The summed E-state index contributed by atoms with van der Waals surface area (Å²) in [5.74, 6) is -0.114. The summed E-state index contributed by atoms with van der Waals surface area (Å²) in [5, 5.41) is 6.44. The number of hydrogen-bond donors (Lipinski definition) is 1. The monoisotopic (exact) mass is 344 g/mol. The fraction of sp³-hybridized carbons (Fsp3) is 0.625. The lowest BCUT2D eigenvalue weighted by molar-refractivity contribution is -0.141. The Balaban J connectivity index is 1.98. The SMILES string of the molecule is CC(Cn1nc(C(F)(F)F)cc1C1CC1)NC(=O)/C=C/CN(C)C. The van der Waals surface area contributed by atoms with Gasteiger partial charge in [-0.05, 0) is 39.9 Å². The summed E-state index contributed by atoms with van der Waals surface area (Å²) in [4.78, 5) is 13.7. The largest absolute Gasteiger partial charge is 0.435 e. The number of halogens is 3. The molecule has 0 radical (unpaired) electrons. The topological polar surface area (TPSA) is 50.2 Å². The molecule has 24 heavy (non-hydrogen) atoms. The minimum absolute atomic E-state index is 0.150. The molecule has 8 heteroatoms. The van der Waals surface area contributed by atoms with Gasteiger partial charge in [-0.2, -0.15) is 18.3 Å². The van der Waals surface area contributed by atoms with E-state index >= 15 is 0 Å². The second-order valence-electron chi connectivity index (χ2n) is 6.48. The van der Waals surface area contributed by atoms with Crippen molar-refractivity contribution in [3.63, 3.8) is 0 Å². The Labute approximate surface area is 139 Å². The Morgan fingerprint density at radius 1 is 1.50 bits per heavy atom. The van der Waals surface area contributed by atoms with Crippen LogP contribution in [0, 0.1) is 0 Å². The summed E-state index contributed by atoms with van der Waals surface area (Å²) in [6.07, 6.45) is 0.486. The Hall–Kier alpha value is -1.83. The molecule has 0 spiro atoms. The first-order valence-electron chi connectivity index (χ1n) is 7.93. The van der Waals surface area contributed by atoms with Crippen molar-refractivity contribution in [3.8, 4) is 0 Å². The van der Waals surface area contributed by atoms with Gasteiger partial charge in [0.1, 0.15) is 0 Å². The number of aromatic nitrogens is 2. The van der Waals surface area contributed by atoms with Crippen LogP contribution in [-0.4, -0.2) is 47.3 Å². The van der Waals surface area contributed by atoms with Crippen molar-refractivity contribution in [2.75, 3.05) is 20.6 Å². The van der Waals surface area contributed by atoms with Gasteiger partial charge in [-0.15, -0.1) is 0 Å². The zero-order valence-electron chi connectivity index (χ0n) is 14.1. The number of alkyl halides is 3. The Kier molecular flexibility index (Phi) is 5.69. The van der Waals surface area contributed by atoms with E-state index in [2.05, 4.69) is 10.4 Å². The molecule has 1 atom stereocenters. The van der Waals surface area contributed by atoms with Crippen LogP contribution in [0.15, 0.2) is 18.2 Å². The summed E-state index contributed by atoms with van der Waals surface area (Å²) in [6.45, 7) is 2.61. The molecular formula is C16H23F3N4O. The fourth-order valence-electron chi connectivity index (χ4n) is 2.39. The van der Waals surface area contributed by atoms with Gasteiger partial charge in [0.05, 0.1) is 6.54 Å². The van der Waals surface area contributed by atoms with E-state index < -0.39 is 11.9 Å². The zero-order valence-corrected chi connectivity index (χ0v) is 14.1. The van der Waals surface area contributed by atoms with Crippen LogP contribution in [0.1, 0.15) is 37.1 Å². The van der Waals surface area contributed by atoms with Gasteiger partial charge in [0.25, 0.3) is 0 Å². The Bertz CT molecular complexity index is 603. The van der Waals surface area contributed by atoms with Gasteiger partial charge in [0.15, 0.2) is 5.69 Å². The van der Waals surface area contributed by atoms with Crippen molar-refractivity contribution in [3.05, 3.63) is 29.6 Å². The summed E-state index contributed by atoms with van der Waals surface area (Å²) < 4.78 is 40.0. The molecule has 1 aromatic heterocycles. The molecule has 1 aliphatic rings. The second kappa shape index (κ2) is 7.38. The van der Waals surface area contributed by atoms with Crippen molar-refractivity contribution in [2.45, 2.75) is 44.4 Å². The van der Waals surface area contributed by atoms with Crippen LogP contribution in [-0.2, 0) is 17.5 Å². The Morgan fingerprint density at radius 3 is 2.71 bits per heavy atom. The molecule has 1 aliphatic carbocycles. The van der Waals surface area contributed by atoms with Gasteiger partial charge in [0, 0.05) is 30.3 Å². The van der Waals surface area contributed by atoms with Gasteiger partial charge in [0.2, 0.25) is 5.91 Å². The summed E-state index contributed by atoms with van der Waals surface area (Å²) >= 11 is 0. The lowest BCUT2D eigenvalue weighted by atomic mass is 10.2. The molecular weight excluding hydrogens is 321 g/mol. The average molecular weight is 344 g/mol. The molecule has 1 N–H and O–H groups in total. The van der Waals surface area contributed by atoms with E-state index in [1.165, 1.54) is 10.8 Å². The zero-order chi connectivity index (χ0) is 17.9. The highest BCUT2D eigenvalue weighted by atomic mass is 19.4. The quantitative estimate of drug-likeness (QED) is 0.773. The molecule has 1 heterocycles. The highest BCUT2D eigenvalue weighted by Gasteiger charge is 2.37. The van der Waals surface area contributed by atoms with Crippen molar-refractivity contribution >= 4 is 5.91 Å². The molecule has 1 fully saturated rings. The van der Waals surface area contributed by atoms with Crippen molar-refractivity contribution in [1.29, 1.82) is 0 Å². The van der Waals surface area contributed by atoms with E-state index in [0.29, 0.717) is 12.2 Å². The molecule has 0 aromatic carbocycles. The predicted octanol–water partition coefficient (Wildman–Crippen LogP) is 2.40. The number of hydrogen-bond acceptors (Lipinski definition) is 3. The van der Waals surface area contributed by atoms with Crippen molar-refractivity contribution < 1.29 is 18.0 Å². The molecule has 134 valence electrons. The van der Waals surface area contributed by atoms with Crippen molar-refractivity contribution in [2.24, 2.45) is 0 Å². The lowest BCUT2D eigenvalue weighted by Crippen LogP contribution is -2.35. The van der Waals surface area contributed by atoms with E-state index in [9.17, 15) is 18.0 Å². The van der Waals surface area contributed by atoms with Gasteiger partial charge < -0.3 is 10.2 Å². The fourth-order valence-corrected chi connectivity index (χ4v) is 2.39. The van der Waals surface area contributed by atoms with Gasteiger partial charge in [-0.3, -0.25) is 9.48 Å². The van der Waals surface area contributed by atoms with E-state index in [-0.39, 0.29) is 24.4 Å². The molecule has 1 aromatic rings. The predicted molar refractivity (Wildman–Crippen MR) is 84.5 cm³/mol. The number of nitrogens with one attached hydrogen (secondary N) is 1. The first kappa shape index (κ1) is 18.5. The average Bonchev–Trinajstić information content (AvgIpc) is 3.18. The van der Waals surface area contributed by atoms with Gasteiger partial charge >= 0.3 is 6.18 Å². The minimum Gasteiger partial charge on any atom is -0.348 e. The van der Waals surface area contributed by atoms with E-state index in [1.807, 2.05) is 19.0 Å². The van der Waals surface area contributed by atoms with Crippen LogP contribution in [0.25, 0.3) is 0 Å². The first-order valence-corrected chi connectivity index (χ1v) is 7.93. The van der Waals surface area contributed by atoms with Crippen LogP contribution in [0.4, 0.5) is 13.2 Å². The molecule has 5 nitrogen and oxygen atoms in total. The van der Waals surface area contributed by atoms with E-state index in [1.54, 1.807) is 13.0 Å². The molecule has 2 rings (SSSR count). The third-order valence-corrected chi connectivity index (χ3v) is 3.67. The molecule has 0 bridgehead atoms. The second-order valence-corrected chi connectivity index (χ2v) is 6.48. The van der Waals surface area contributed by atoms with E-state index in [4.69, 9.17) is 0 Å². The third kappa shape index (κ3) is 5.36. The number of likely N-dealkylation sites (N-methyl/N-ethyl adjacent to an activating group) is 1. The summed E-state index contributed by atoms with van der Waals surface area (Å²) in [6, 6.07) is 0.809. The maximum Gasteiger partial charge on any atom is 0.435 e. The first-order chi connectivity index (χ1) is 11.2. The molecule has 1 saturated carbocycles. The highest BCUT2D eigenvalue weighted by molar-refractivity contribution is 5.87. The smallest absolute Gasteiger partial charge is 0.348 e. The van der Waals surface area contributed by atoms with Crippen LogP contribution in [0.3, 0.4) is 0 Å². The molecule has 0 saturated heterocycles. The van der Waals surface area contributed by atoms with Gasteiger partial charge in [-0.25, -0.2) is 0 Å². The molecule has 0 aliphatic heterocycles. The maximum absolute atomic E-state index is 12.9. The third-order valence-electron chi connectivity index (χ3n) is 3.67.